The number of nitrogens with zero attached hydrogens (tertiary/aromatic N) is 3. The van der Waals surface area contributed by atoms with Gasteiger partial charge in [-0.15, -0.1) is 5.10 Å². The predicted molar refractivity (Wildman–Crippen MR) is 83.5 cm³/mol. The summed E-state index contributed by atoms with van der Waals surface area (Å²) in [4.78, 5) is 18.6. The second-order valence-corrected chi connectivity index (χ2v) is 5.09. The number of amides is 1. The monoisotopic (exact) mass is 296 g/mol. The number of carbonyl (C=O) groups is 1. The molecular weight excluding hydrogens is 280 g/mol. The minimum atomic E-state index is -0.244. The third kappa shape index (κ3) is 2.90. The van der Waals surface area contributed by atoms with E-state index in [2.05, 4.69) is 15.6 Å². The third-order valence-corrected chi connectivity index (χ3v) is 3.30. The highest BCUT2D eigenvalue weighted by molar-refractivity contribution is 5.92. The van der Waals surface area contributed by atoms with Gasteiger partial charge in [0.15, 0.2) is 6.61 Å². The van der Waals surface area contributed by atoms with Crippen LogP contribution in [0.2, 0.25) is 0 Å². The second-order valence-electron chi connectivity index (χ2n) is 5.09. The van der Waals surface area contributed by atoms with Gasteiger partial charge in [-0.2, -0.15) is 0 Å². The molecule has 0 aliphatic carbocycles. The Kier molecular flexibility index (Phi) is 3.74. The van der Waals surface area contributed by atoms with Crippen molar-refractivity contribution in [3.05, 3.63) is 53.6 Å². The van der Waals surface area contributed by atoms with Gasteiger partial charge < -0.3 is 10.2 Å². The number of aryl methyl sites for hydroxylation is 2. The molecule has 0 atom stereocenters. The Labute approximate surface area is 127 Å². The summed E-state index contributed by atoms with van der Waals surface area (Å²) in [6.07, 6.45) is 0. The highest BCUT2D eigenvalue weighted by atomic mass is 16.7. The van der Waals surface area contributed by atoms with Gasteiger partial charge in [-0.3, -0.25) is 4.79 Å². The minimum absolute atomic E-state index is 0.138. The van der Waals surface area contributed by atoms with Gasteiger partial charge in [0, 0.05) is 5.69 Å². The molecule has 0 spiro atoms. The molecule has 0 unspecified atom stereocenters. The van der Waals surface area contributed by atoms with E-state index in [0.717, 1.165) is 27.8 Å². The van der Waals surface area contributed by atoms with Crippen LogP contribution in [0, 0.1) is 13.8 Å². The van der Waals surface area contributed by atoms with E-state index in [9.17, 15) is 4.79 Å². The van der Waals surface area contributed by atoms with Crippen LogP contribution in [0.3, 0.4) is 0 Å². The van der Waals surface area contributed by atoms with E-state index in [-0.39, 0.29) is 12.5 Å². The van der Waals surface area contributed by atoms with E-state index in [1.807, 2.05) is 56.3 Å². The summed E-state index contributed by atoms with van der Waals surface area (Å²) in [7, 11) is 0. The molecule has 0 saturated heterocycles. The fraction of sp³-hybridized carbons (Fsp3) is 0.188. The zero-order chi connectivity index (χ0) is 15.5. The van der Waals surface area contributed by atoms with Crippen molar-refractivity contribution in [1.82, 2.24) is 15.2 Å². The van der Waals surface area contributed by atoms with Gasteiger partial charge in [-0.05, 0) is 42.8 Å². The van der Waals surface area contributed by atoms with Crippen molar-refractivity contribution in [3.8, 4) is 0 Å². The molecule has 112 valence electrons. The number of hydrogen-bond donors (Lipinski definition) is 1. The molecule has 3 aromatic rings. The zero-order valence-corrected chi connectivity index (χ0v) is 12.4. The first-order chi connectivity index (χ1) is 10.6. The Morgan fingerprint density at radius 2 is 2.05 bits per heavy atom. The number of anilines is 1. The number of nitrogens with one attached hydrogen (secondary N) is 1. The van der Waals surface area contributed by atoms with Crippen molar-refractivity contribution in [1.29, 1.82) is 0 Å². The quantitative estimate of drug-likeness (QED) is 0.800. The molecule has 0 aliphatic rings. The van der Waals surface area contributed by atoms with Crippen LogP contribution in [0.25, 0.3) is 11.0 Å². The molecule has 3 rings (SSSR count). The van der Waals surface area contributed by atoms with Crippen molar-refractivity contribution >= 4 is 22.6 Å². The van der Waals surface area contributed by atoms with Crippen LogP contribution in [-0.2, 0) is 4.79 Å². The maximum atomic E-state index is 12.0. The van der Waals surface area contributed by atoms with E-state index in [1.54, 1.807) is 0 Å². The van der Waals surface area contributed by atoms with Gasteiger partial charge in [0.05, 0.1) is 0 Å². The molecule has 1 N–H and O–H groups in total. The SMILES string of the molecule is Cc1ccc(NC(=O)COn2nnc3ccccc32)c(C)c1. The van der Waals surface area contributed by atoms with Crippen molar-refractivity contribution in [2.24, 2.45) is 0 Å². The molecule has 0 fully saturated rings. The third-order valence-electron chi connectivity index (χ3n) is 3.30. The smallest absolute Gasteiger partial charge is 0.265 e. The number of carbonyl (C=O) groups excluding carboxylic acids is 1. The predicted octanol–water partition coefficient (Wildman–Crippen LogP) is 2.12. The maximum Gasteiger partial charge on any atom is 0.265 e. The summed E-state index contributed by atoms with van der Waals surface area (Å²) in [5, 5.41) is 10.7. The Hall–Kier alpha value is -2.89. The normalized spacial score (nSPS) is 10.6. The van der Waals surface area contributed by atoms with Crippen LogP contribution in [-0.4, -0.2) is 27.7 Å². The number of hydrogen-bond acceptors (Lipinski definition) is 4. The molecule has 0 aliphatic heterocycles. The van der Waals surface area contributed by atoms with Gasteiger partial charge in [-0.1, -0.05) is 34.7 Å². The van der Waals surface area contributed by atoms with Crippen LogP contribution in [0.4, 0.5) is 5.69 Å². The van der Waals surface area contributed by atoms with E-state index < -0.39 is 0 Å². The molecule has 1 amide bonds. The summed E-state index contributed by atoms with van der Waals surface area (Å²) in [5.41, 5.74) is 4.39. The van der Waals surface area contributed by atoms with Gasteiger partial charge in [0.1, 0.15) is 11.0 Å². The number of fused-ring (bicyclic) bond motifs is 1. The summed E-state index contributed by atoms with van der Waals surface area (Å²) in [6, 6.07) is 13.2. The molecule has 1 heterocycles. The summed E-state index contributed by atoms with van der Waals surface area (Å²) in [6.45, 7) is 3.83. The molecular formula is C16H16N4O2. The number of benzene rings is 2. The summed E-state index contributed by atoms with van der Waals surface area (Å²) in [5.74, 6) is -0.244. The zero-order valence-electron chi connectivity index (χ0n) is 12.4. The van der Waals surface area contributed by atoms with E-state index in [0.29, 0.717) is 0 Å². The summed E-state index contributed by atoms with van der Waals surface area (Å²) < 4.78 is 0. The van der Waals surface area contributed by atoms with Crippen LogP contribution in [0.15, 0.2) is 42.5 Å². The van der Waals surface area contributed by atoms with Crippen LogP contribution in [0.5, 0.6) is 0 Å². The van der Waals surface area contributed by atoms with Gasteiger partial charge >= 0.3 is 0 Å². The lowest BCUT2D eigenvalue weighted by Crippen LogP contribution is -2.26. The van der Waals surface area contributed by atoms with Crippen LogP contribution < -0.4 is 10.2 Å². The Morgan fingerprint density at radius 3 is 2.86 bits per heavy atom. The average molecular weight is 296 g/mol. The van der Waals surface area contributed by atoms with Crippen molar-refractivity contribution in [2.45, 2.75) is 13.8 Å². The summed E-state index contributed by atoms with van der Waals surface area (Å²) >= 11 is 0. The topological polar surface area (TPSA) is 69.0 Å². The standard InChI is InChI=1S/C16H16N4O2/c1-11-7-8-13(12(2)9-11)17-16(21)10-22-20-15-6-4-3-5-14(15)18-19-20/h3-9H,10H2,1-2H3,(H,17,21). The lowest BCUT2D eigenvalue weighted by Gasteiger charge is -2.09. The van der Waals surface area contributed by atoms with E-state index in [4.69, 9.17) is 4.84 Å². The lowest BCUT2D eigenvalue weighted by molar-refractivity contribution is -0.121. The highest BCUT2D eigenvalue weighted by Crippen LogP contribution is 2.15. The van der Waals surface area contributed by atoms with Gasteiger partial charge in [0.25, 0.3) is 5.91 Å². The van der Waals surface area contributed by atoms with Crippen LogP contribution in [0.1, 0.15) is 11.1 Å². The van der Waals surface area contributed by atoms with Crippen molar-refractivity contribution in [2.75, 3.05) is 11.9 Å². The molecule has 22 heavy (non-hydrogen) atoms. The Balaban J connectivity index is 1.65. The minimum Gasteiger partial charge on any atom is -0.385 e. The first-order valence-corrected chi connectivity index (χ1v) is 6.94. The molecule has 1 aromatic heterocycles. The molecule has 0 saturated carbocycles. The first-order valence-electron chi connectivity index (χ1n) is 6.94. The fourth-order valence-corrected chi connectivity index (χ4v) is 2.20. The van der Waals surface area contributed by atoms with Crippen LogP contribution >= 0.6 is 0 Å². The number of rotatable bonds is 4. The second kappa shape index (κ2) is 5.85. The first kappa shape index (κ1) is 14.1. The fourth-order valence-electron chi connectivity index (χ4n) is 2.20. The molecule has 6 heteroatoms. The lowest BCUT2D eigenvalue weighted by atomic mass is 10.1. The van der Waals surface area contributed by atoms with E-state index in [1.165, 1.54) is 4.85 Å². The van der Waals surface area contributed by atoms with Gasteiger partial charge in [-0.25, -0.2) is 0 Å². The van der Waals surface area contributed by atoms with E-state index >= 15 is 0 Å². The molecule has 0 radical (unpaired) electrons. The highest BCUT2D eigenvalue weighted by Gasteiger charge is 2.09. The number of para-hydroxylation sites is 1. The molecule has 0 bridgehead atoms. The van der Waals surface area contributed by atoms with Crippen molar-refractivity contribution < 1.29 is 9.63 Å². The van der Waals surface area contributed by atoms with Gasteiger partial charge in [0.2, 0.25) is 0 Å². The average Bonchev–Trinajstić information content (AvgIpc) is 2.91. The Morgan fingerprint density at radius 1 is 1.23 bits per heavy atom. The maximum absolute atomic E-state index is 12.0. The van der Waals surface area contributed by atoms with Crippen molar-refractivity contribution in [3.63, 3.8) is 0 Å². The molecule has 2 aromatic carbocycles. The molecule has 6 nitrogen and oxygen atoms in total. The number of aromatic nitrogens is 3. The Bertz CT molecular complexity index is 826. The largest absolute Gasteiger partial charge is 0.385 e.